The van der Waals surface area contributed by atoms with E-state index in [1.807, 2.05) is 41.9 Å². The zero-order valence-corrected chi connectivity index (χ0v) is 17.9. The Morgan fingerprint density at radius 1 is 1.39 bits per heavy atom. The van der Waals surface area contributed by atoms with Gasteiger partial charge in [0.2, 0.25) is 0 Å². The summed E-state index contributed by atoms with van der Waals surface area (Å²) in [6.45, 7) is 2.44. The van der Waals surface area contributed by atoms with Gasteiger partial charge >= 0.3 is 0 Å². The molecule has 0 aliphatic carbocycles. The van der Waals surface area contributed by atoms with Crippen molar-refractivity contribution >= 4 is 48.9 Å². The fourth-order valence-corrected chi connectivity index (χ4v) is 6.65. The summed E-state index contributed by atoms with van der Waals surface area (Å²) >= 11 is 7.66. The maximum Gasteiger partial charge on any atom is 0.264 e. The molecule has 1 saturated heterocycles. The average Bonchev–Trinajstić information content (AvgIpc) is 3.31. The molecule has 1 fully saturated rings. The van der Waals surface area contributed by atoms with Crippen molar-refractivity contribution in [1.29, 1.82) is 0 Å². The summed E-state index contributed by atoms with van der Waals surface area (Å²) in [4.78, 5) is 16.0. The second-order valence-corrected chi connectivity index (χ2v) is 10.8. The van der Waals surface area contributed by atoms with Gasteiger partial charge in [-0.2, -0.15) is 5.10 Å². The summed E-state index contributed by atoms with van der Waals surface area (Å²) < 4.78 is 25.3. The number of nitrogens with zero attached hydrogens (tertiary/aromatic N) is 3. The van der Waals surface area contributed by atoms with Crippen LogP contribution in [-0.2, 0) is 16.4 Å². The van der Waals surface area contributed by atoms with Crippen molar-refractivity contribution in [3.8, 4) is 0 Å². The van der Waals surface area contributed by atoms with Crippen molar-refractivity contribution in [2.45, 2.75) is 25.9 Å². The molecule has 2 aromatic heterocycles. The van der Waals surface area contributed by atoms with Crippen LogP contribution in [0.1, 0.15) is 27.3 Å². The fraction of sp³-hybridized carbons (Fsp3) is 0.368. The van der Waals surface area contributed by atoms with Crippen LogP contribution >= 0.6 is 22.9 Å². The number of benzene rings is 1. The van der Waals surface area contributed by atoms with Crippen molar-refractivity contribution in [2.24, 2.45) is 0 Å². The van der Waals surface area contributed by atoms with Gasteiger partial charge in [0, 0.05) is 23.5 Å². The number of carbonyl (C=O) groups is 1. The van der Waals surface area contributed by atoms with Gasteiger partial charge in [-0.1, -0.05) is 29.8 Å². The monoisotopic (exact) mass is 437 g/mol. The number of amides is 1. The number of aromatic nitrogens is 2. The first-order valence-electron chi connectivity index (χ1n) is 8.93. The van der Waals surface area contributed by atoms with Crippen molar-refractivity contribution in [1.82, 2.24) is 14.7 Å². The van der Waals surface area contributed by atoms with Gasteiger partial charge in [-0.15, -0.1) is 11.3 Å². The molecule has 28 heavy (non-hydrogen) atoms. The normalized spacial score (nSPS) is 18.6. The van der Waals surface area contributed by atoms with Gasteiger partial charge in [-0.05, 0) is 31.0 Å². The fourth-order valence-electron chi connectivity index (χ4n) is 3.53. The lowest BCUT2D eigenvalue weighted by Crippen LogP contribution is -2.37. The minimum Gasteiger partial charge on any atom is -0.337 e. The second kappa shape index (κ2) is 7.17. The number of hydrogen-bond acceptors (Lipinski definition) is 5. The van der Waals surface area contributed by atoms with Crippen LogP contribution < -0.4 is 0 Å². The van der Waals surface area contributed by atoms with E-state index in [1.54, 1.807) is 11.9 Å². The minimum absolute atomic E-state index is 0.0411. The van der Waals surface area contributed by atoms with Crippen molar-refractivity contribution in [3.63, 3.8) is 0 Å². The van der Waals surface area contributed by atoms with Gasteiger partial charge in [-0.25, -0.2) is 8.42 Å². The largest absolute Gasteiger partial charge is 0.337 e. The Kier molecular flexibility index (Phi) is 4.97. The molecule has 0 N–H and O–H groups in total. The molecule has 0 bridgehead atoms. The molecule has 1 aromatic carbocycles. The Balaban J connectivity index is 1.63. The van der Waals surface area contributed by atoms with E-state index in [2.05, 4.69) is 5.10 Å². The standard InChI is InChI=1S/C19H20ClN3O3S2/c1-12-15-9-17(18(24)22(2)14-7-8-28(25,26)11-14)27-19(15)23(21-12)10-13-5-3-4-6-16(13)20/h3-6,9,14H,7-8,10-11H2,1-2H3. The number of rotatable bonds is 4. The highest BCUT2D eigenvalue weighted by molar-refractivity contribution is 7.91. The lowest BCUT2D eigenvalue weighted by Gasteiger charge is -2.22. The van der Waals surface area contributed by atoms with Crippen LogP contribution in [0.15, 0.2) is 30.3 Å². The first-order chi connectivity index (χ1) is 13.2. The van der Waals surface area contributed by atoms with Gasteiger partial charge in [0.05, 0.1) is 28.6 Å². The lowest BCUT2D eigenvalue weighted by molar-refractivity contribution is 0.0752. The van der Waals surface area contributed by atoms with E-state index in [9.17, 15) is 13.2 Å². The summed E-state index contributed by atoms with van der Waals surface area (Å²) in [5, 5.41) is 6.21. The second-order valence-electron chi connectivity index (χ2n) is 7.14. The maximum atomic E-state index is 12.9. The van der Waals surface area contributed by atoms with Crippen LogP contribution in [0.2, 0.25) is 5.02 Å². The summed E-state index contributed by atoms with van der Waals surface area (Å²) in [7, 11) is -1.36. The van der Waals surface area contributed by atoms with Crippen LogP contribution in [0.25, 0.3) is 10.2 Å². The number of thiophene rings is 1. The molecular weight excluding hydrogens is 418 g/mol. The molecule has 9 heteroatoms. The summed E-state index contributed by atoms with van der Waals surface area (Å²) in [6, 6.07) is 9.22. The first kappa shape index (κ1) is 19.4. The quantitative estimate of drug-likeness (QED) is 0.627. The number of aryl methyl sites for hydroxylation is 1. The molecule has 1 amide bonds. The summed E-state index contributed by atoms with van der Waals surface area (Å²) in [5.74, 6) is 0.0413. The smallest absolute Gasteiger partial charge is 0.264 e. The van der Waals surface area contributed by atoms with E-state index in [-0.39, 0.29) is 23.5 Å². The summed E-state index contributed by atoms with van der Waals surface area (Å²) in [6.07, 6.45) is 0.495. The third kappa shape index (κ3) is 3.56. The molecule has 1 unspecified atom stereocenters. The molecule has 1 aliphatic rings. The van der Waals surface area contributed by atoms with E-state index >= 15 is 0 Å². The van der Waals surface area contributed by atoms with Crippen molar-refractivity contribution < 1.29 is 13.2 Å². The molecular formula is C19H20ClN3O3S2. The van der Waals surface area contributed by atoms with Gasteiger partial charge < -0.3 is 4.90 Å². The lowest BCUT2D eigenvalue weighted by atomic mass is 10.2. The highest BCUT2D eigenvalue weighted by atomic mass is 35.5. The van der Waals surface area contributed by atoms with Gasteiger partial charge in [0.1, 0.15) is 4.83 Å². The van der Waals surface area contributed by atoms with E-state index < -0.39 is 9.84 Å². The van der Waals surface area contributed by atoms with Crippen LogP contribution in [0.5, 0.6) is 0 Å². The average molecular weight is 438 g/mol. The minimum atomic E-state index is -3.04. The first-order valence-corrected chi connectivity index (χ1v) is 11.9. The Bertz CT molecular complexity index is 1170. The Morgan fingerprint density at radius 3 is 2.82 bits per heavy atom. The Morgan fingerprint density at radius 2 is 2.14 bits per heavy atom. The molecule has 3 aromatic rings. The zero-order chi connectivity index (χ0) is 20.1. The Labute approximate surface area is 172 Å². The third-order valence-corrected chi connectivity index (χ3v) is 8.43. The van der Waals surface area contributed by atoms with Crippen molar-refractivity contribution in [2.75, 3.05) is 18.6 Å². The topological polar surface area (TPSA) is 72.3 Å². The summed E-state index contributed by atoms with van der Waals surface area (Å²) in [5.41, 5.74) is 1.81. The number of hydrogen-bond donors (Lipinski definition) is 0. The number of fused-ring (bicyclic) bond motifs is 1. The molecule has 6 nitrogen and oxygen atoms in total. The van der Waals surface area contributed by atoms with Crippen LogP contribution in [0.4, 0.5) is 0 Å². The SMILES string of the molecule is Cc1nn(Cc2ccccc2Cl)c2sc(C(=O)N(C)C3CCS(=O)(=O)C3)cc12. The van der Waals surface area contributed by atoms with Gasteiger partial charge in [0.25, 0.3) is 5.91 Å². The van der Waals surface area contributed by atoms with E-state index in [0.717, 1.165) is 21.5 Å². The van der Waals surface area contributed by atoms with Crippen molar-refractivity contribution in [3.05, 3.63) is 51.5 Å². The van der Waals surface area contributed by atoms with E-state index in [0.29, 0.717) is 22.9 Å². The molecule has 148 valence electrons. The van der Waals surface area contributed by atoms with Crippen LogP contribution in [0, 0.1) is 6.92 Å². The number of halogens is 1. The van der Waals surface area contributed by atoms with Gasteiger partial charge in [0.15, 0.2) is 9.84 Å². The highest BCUT2D eigenvalue weighted by Gasteiger charge is 2.33. The third-order valence-electron chi connectivity index (χ3n) is 5.17. The van der Waals surface area contributed by atoms with Gasteiger partial charge in [-0.3, -0.25) is 9.48 Å². The number of sulfone groups is 1. The zero-order valence-electron chi connectivity index (χ0n) is 15.6. The molecule has 1 atom stereocenters. The molecule has 4 rings (SSSR count). The van der Waals surface area contributed by atoms with Crippen LogP contribution in [0.3, 0.4) is 0 Å². The predicted octanol–water partition coefficient (Wildman–Crippen LogP) is 3.37. The molecule has 0 saturated carbocycles. The molecule has 1 aliphatic heterocycles. The highest BCUT2D eigenvalue weighted by Crippen LogP contribution is 2.31. The van der Waals surface area contributed by atoms with Crippen LogP contribution in [-0.4, -0.2) is 53.6 Å². The number of carbonyl (C=O) groups excluding carboxylic acids is 1. The predicted molar refractivity (Wildman–Crippen MR) is 112 cm³/mol. The van der Waals surface area contributed by atoms with E-state index in [1.165, 1.54) is 11.3 Å². The molecule has 0 spiro atoms. The van der Waals surface area contributed by atoms with E-state index in [4.69, 9.17) is 11.6 Å². The molecule has 3 heterocycles. The Hall–Kier alpha value is -1.90. The molecule has 0 radical (unpaired) electrons. The maximum absolute atomic E-state index is 12.9.